The van der Waals surface area contributed by atoms with Crippen LogP contribution in [0.1, 0.15) is 68.9 Å². The number of nitrogens with zero attached hydrogens (tertiary/aromatic N) is 1. The minimum Gasteiger partial charge on any atom is -0.337 e. The van der Waals surface area contributed by atoms with Crippen molar-refractivity contribution in [2.24, 2.45) is 5.92 Å². The number of piperidine rings is 1. The minimum atomic E-state index is -4.92. The summed E-state index contributed by atoms with van der Waals surface area (Å²) in [6, 6.07) is 7.62. The monoisotopic (exact) mass is 588 g/mol. The molecule has 0 aromatic heterocycles. The van der Waals surface area contributed by atoms with Crippen molar-refractivity contribution >= 4 is 6.03 Å². The van der Waals surface area contributed by atoms with Crippen molar-refractivity contribution in [3.05, 3.63) is 58.8 Å². The third-order valence-corrected chi connectivity index (χ3v) is 7.85. The van der Waals surface area contributed by atoms with Crippen LogP contribution in [0.4, 0.5) is 31.1 Å². The third kappa shape index (κ3) is 11.0. The van der Waals surface area contributed by atoms with Gasteiger partial charge in [0, 0.05) is 29.8 Å². The van der Waals surface area contributed by atoms with Crippen LogP contribution in [-0.2, 0) is 0 Å². The molecule has 0 saturated carbocycles. The second kappa shape index (κ2) is 15.1. The van der Waals surface area contributed by atoms with Crippen LogP contribution < -0.4 is 16.0 Å². The maximum Gasteiger partial charge on any atom is 0.412 e. The van der Waals surface area contributed by atoms with Gasteiger partial charge in [-0.15, -0.1) is 0 Å². The number of halogens is 6. The summed E-state index contributed by atoms with van der Waals surface area (Å²) in [5.41, 5.74) is 0.260. The van der Waals surface area contributed by atoms with E-state index in [0.717, 1.165) is 56.6 Å². The lowest BCUT2D eigenvalue weighted by Crippen LogP contribution is -2.43. The number of allylic oxidation sites excluding steroid dienone is 3. The summed E-state index contributed by atoms with van der Waals surface area (Å²) in [6.45, 7) is 8.17. The van der Waals surface area contributed by atoms with Gasteiger partial charge in [0.25, 0.3) is 0 Å². The van der Waals surface area contributed by atoms with E-state index in [4.69, 9.17) is 0 Å². The molecule has 1 fully saturated rings. The van der Waals surface area contributed by atoms with Gasteiger partial charge in [-0.1, -0.05) is 49.6 Å². The second-order valence-corrected chi connectivity index (χ2v) is 11.2. The Morgan fingerprint density at radius 1 is 1.05 bits per heavy atom. The van der Waals surface area contributed by atoms with Gasteiger partial charge in [0.15, 0.2) is 0 Å². The van der Waals surface area contributed by atoms with Gasteiger partial charge in [-0.25, -0.2) is 4.79 Å². The highest BCUT2D eigenvalue weighted by atomic mass is 19.4. The zero-order valence-electron chi connectivity index (χ0n) is 23.8. The van der Waals surface area contributed by atoms with Gasteiger partial charge in [0.2, 0.25) is 0 Å². The third-order valence-electron chi connectivity index (χ3n) is 7.85. The molecule has 1 aliphatic heterocycles. The van der Waals surface area contributed by atoms with Gasteiger partial charge in [-0.05, 0) is 82.9 Å². The van der Waals surface area contributed by atoms with E-state index in [2.05, 4.69) is 27.8 Å². The molecule has 0 spiro atoms. The van der Waals surface area contributed by atoms with Crippen LogP contribution in [0.5, 0.6) is 0 Å². The van der Waals surface area contributed by atoms with Crippen molar-refractivity contribution in [3.8, 4) is 0 Å². The molecule has 2 atom stereocenters. The topological polar surface area (TPSA) is 56.4 Å². The summed E-state index contributed by atoms with van der Waals surface area (Å²) in [7, 11) is 0. The first-order valence-corrected chi connectivity index (χ1v) is 14.5. The normalized spacial score (nSPS) is 19.9. The molecule has 41 heavy (non-hydrogen) atoms. The van der Waals surface area contributed by atoms with E-state index in [-0.39, 0.29) is 12.5 Å². The molecular formula is C30H42F6N4O. The summed E-state index contributed by atoms with van der Waals surface area (Å²) < 4.78 is 79.4. The highest BCUT2D eigenvalue weighted by molar-refractivity contribution is 5.76. The van der Waals surface area contributed by atoms with E-state index in [1.807, 2.05) is 31.2 Å². The van der Waals surface area contributed by atoms with Gasteiger partial charge < -0.3 is 20.9 Å². The number of benzene rings is 1. The van der Waals surface area contributed by atoms with E-state index in [1.165, 1.54) is 19.3 Å². The molecule has 3 rings (SSSR count). The Balaban J connectivity index is 1.57. The fraction of sp³-hybridized carbons (Fsp3) is 0.633. The quantitative estimate of drug-likeness (QED) is 0.183. The molecule has 1 heterocycles. The zero-order chi connectivity index (χ0) is 30.0. The number of nitrogens with one attached hydrogen (secondary N) is 3. The number of likely N-dealkylation sites (tertiary alicyclic amines) is 1. The molecular weight excluding hydrogens is 546 g/mol. The Bertz CT molecular complexity index is 1030. The molecule has 2 amide bonds. The van der Waals surface area contributed by atoms with E-state index >= 15 is 0 Å². The molecule has 230 valence electrons. The number of hydrogen-bond acceptors (Lipinski definition) is 3. The van der Waals surface area contributed by atoms with Crippen molar-refractivity contribution < 1.29 is 31.1 Å². The van der Waals surface area contributed by atoms with Crippen molar-refractivity contribution in [2.75, 3.05) is 32.7 Å². The number of hydrogen-bond donors (Lipinski definition) is 3. The maximum atomic E-state index is 13.3. The fourth-order valence-electron chi connectivity index (χ4n) is 5.29. The summed E-state index contributed by atoms with van der Waals surface area (Å²) in [4.78, 5) is 15.0. The molecule has 1 aromatic rings. The van der Waals surface area contributed by atoms with Crippen LogP contribution in [-0.4, -0.2) is 62.0 Å². The first kappa shape index (κ1) is 33.0. The Labute approximate surface area is 238 Å². The summed E-state index contributed by atoms with van der Waals surface area (Å²) in [5.74, 6) is -2.40. The number of carbonyl (C=O) groups excluding carboxylic acids is 1. The van der Waals surface area contributed by atoms with E-state index < -0.39 is 42.0 Å². The van der Waals surface area contributed by atoms with E-state index in [1.54, 1.807) is 0 Å². The van der Waals surface area contributed by atoms with Crippen LogP contribution >= 0.6 is 0 Å². The summed E-state index contributed by atoms with van der Waals surface area (Å²) >= 11 is 0. The summed E-state index contributed by atoms with van der Waals surface area (Å²) in [5, 5.41) is 8.51. The SMILES string of the molecule is CCCCCNC1CCN(CCC(CNC(=O)NC2=CC(C(F)(F)F)CC(C(F)(F)F)=C2)c2ccc(C)cc2)CC1. The predicted molar refractivity (Wildman–Crippen MR) is 148 cm³/mol. The molecule has 2 unspecified atom stereocenters. The number of carbonyl (C=O) groups is 1. The highest BCUT2D eigenvalue weighted by Crippen LogP contribution is 2.41. The number of rotatable bonds is 12. The van der Waals surface area contributed by atoms with Gasteiger partial charge in [-0.3, -0.25) is 0 Å². The van der Waals surface area contributed by atoms with Crippen LogP contribution in [0.2, 0.25) is 0 Å². The summed E-state index contributed by atoms with van der Waals surface area (Å²) in [6.07, 6.45) is -3.27. The molecule has 11 heteroatoms. The van der Waals surface area contributed by atoms with Crippen LogP contribution in [0, 0.1) is 12.8 Å². The number of unbranched alkanes of at least 4 members (excludes halogenated alkanes) is 2. The number of amides is 2. The van der Waals surface area contributed by atoms with Crippen molar-refractivity contribution in [1.29, 1.82) is 0 Å². The van der Waals surface area contributed by atoms with Gasteiger partial charge in [0.1, 0.15) is 0 Å². The molecule has 1 saturated heterocycles. The first-order valence-electron chi connectivity index (χ1n) is 14.5. The molecule has 2 aliphatic rings. The standard InChI is InChI=1S/C30H42F6N4O/c1-3-4-5-13-37-26-11-15-40(16-12-26)14-10-23(22-8-6-21(2)7-9-22)20-38-28(41)39-27-18-24(29(31,32)33)17-25(19-27)30(34,35)36/h6-9,18-19,23-24,26,37H,3-5,10-17,20H2,1-2H3,(H2,38,39,41). The number of urea groups is 1. The van der Waals surface area contributed by atoms with Crippen LogP contribution in [0.25, 0.3) is 0 Å². The van der Waals surface area contributed by atoms with Crippen molar-refractivity contribution in [2.45, 2.75) is 83.1 Å². The number of aryl methyl sites for hydroxylation is 1. The smallest absolute Gasteiger partial charge is 0.337 e. The van der Waals surface area contributed by atoms with E-state index in [9.17, 15) is 31.1 Å². The van der Waals surface area contributed by atoms with Crippen molar-refractivity contribution in [1.82, 2.24) is 20.9 Å². The zero-order valence-corrected chi connectivity index (χ0v) is 23.8. The Kier molecular flexibility index (Phi) is 12.1. The van der Waals surface area contributed by atoms with Crippen molar-refractivity contribution in [3.63, 3.8) is 0 Å². The average molecular weight is 589 g/mol. The van der Waals surface area contributed by atoms with E-state index in [0.29, 0.717) is 18.2 Å². The molecule has 0 radical (unpaired) electrons. The molecule has 3 N–H and O–H groups in total. The minimum absolute atomic E-state index is 0.0734. The Morgan fingerprint density at radius 3 is 2.34 bits per heavy atom. The fourth-order valence-corrected chi connectivity index (χ4v) is 5.29. The number of alkyl halides is 6. The lowest BCUT2D eigenvalue weighted by molar-refractivity contribution is -0.166. The lowest BCUT2D eigenvalue weighted by Gasteiger charge is -2.33. The Morgan fingerprint density at radius 2 is 1.73 bits per heavy atom. The first-order chi connectivity index (χ1) is 19.3. The average Bonchev–Trinajstić information content (AvgIpc) is 2.91. The van der Waals surface area contributed by atoms with Gasteiger partial charge in [-0.2, -0.15) is 26.3 Å². The van der Waals surface area contributed by atoms with Crippen LogP contribution in [0.15, 0.2) is 47.7 Å². The molecule has 5 nitrogen and oxygen atoms in total. The van der Waals surface area contributed by atoms with Crippen LogP contribution in [0.3, 0.4) is 0 Å². The van der Waals surface area contributed by atoms with Gasteiger partial charge >= 0.3 is 18.4 Å². The largest absolute Gasteiger partial charge is 0.412 e. The molecule has 1 aliphatic carbocycles. The molecule has 0 bridgehead atoms. The lowest BCUT2D eigenvalue weighted by atomic mass is 9.91. The maximum absolute atomic E-state index is 13.3. The molecule has 1 aromatic carbocycles. The predicted octanol–water partition coefficient (Wildman–Crippen LogP) is 6.97. The highest BCUT2D eigenvalue weighted by Gasteiger charge is 2.45. The van der Waals surface area contributed by atoms with Gasteiger partial charge in [0.05, 0.1) is 5.92 Å². The second-order valence-electron chi connectivity index (χ2n) is 11.2. The Hall–Kier alpha value is -2.53.